The number of hydrogen-bond acceptors (Lipinski definition) is 4. The Hall–Kier alpha value is -3.00. The number of amides is 1. The van der Waals surface area contributed by atoms with Gasteiger partial charge in [-0.25, -0.2) is 8.42 Å². The molecule has 0 spiro atoms. The summed E-state index contributed by atoms with van der Waals surface area (Å²) in [6, 6.07) is 26.2. The zero-order chi connectivity index (χ0) is 24.0. The first-order valence-electron chi connectivity index (χ1n) is 11.7. The summed E-state index contributed by atoms with van der Waals surface area (Å²) in [5.74, 6) is -0.0815. The average Bonchev–Trinajstić information content (AvgIpc) is 2.89. The van der Waals surface area contributed by atoms with E-state index in [9.17, 15) is 13.2 Å². The molecule has 1 atom stereocenters. The monoisotopic (exact) mass is 477 g/mol. The third-order valence-electron chi connectivity index (χ3n) is 6.25. The van der Waals surface area contributed by atoms with Crippen LogP contribution >= 0.6 is 0 Å². The first-order chi connectivity index (χ1) is 16.5. The van der Waals surface area contributed by atoms with Gasteiger partial charge in [0.05, 0.1) is 10.9 Å². The largest absolute Gasteiger partial charge is 0.345 e. The molecule has 1 heterocycles. The molecule has 1 saturated heterocycles. The minimum atomic E-state index is -3.44. The number of nitrogens with zero attached hydrogens (tertiary/aromatic N) is 2. The molecule has 1 fully saturated rings. The SMILES string of the molecule is CC[C@H](NC(=O)c1ccc(CN2CCN(S(=O)(=O)c3ccccc3)CC2)cc1)c1ccccc1. The fourth-order valence-corrected chi connectivity index (χ4v) is 5.68. The van der Waals surface area contributed by atoms with Crippen LogP contribution in [0.2, 0.25) is 0 Å². The standard InChI is InChI=1S/C27H31N3O3S/c1-2-26(23-9-5-3-6-10-23)28-27(31)24-15-13-22(14-16-24)21-29-17-19-30(20-18-29)34(32,33)25-11-7-4-8-12-25/h3-16,26H,2,17-21H2,1H3,(H,28,31)/t26-/m0/s1. The molecule has 3 aromatic rings. The quantitative estimate of drug-likeness (QED) is 0.531. The zero-order valence-corrected chi connectivity index (χ0v) is 20.2. The summed E-state index contributed by atoms with van der Waals surface area (Å²) in [5, 5.41) is 3.12. The summed E-state index contributed by atoms with van der Waals surface area (Å²) < 4.78 is 27.2. The van der Waals surface area contributed by atoms with Crippen LogP contribution in [-0.2, 0) is 16.6 Å². The lowest BCUT2D eigenvalue weighted by Crippen LogP contribution is -2.48. The molecule has 0 aliphatic carbocycles. The molecule has 0 unspecified atom stereocenters. The molecular formula is C27H31N3O3S. The van der Waals surface area contributed by atoms with E-state index in [-0.39, 0.29) is 11.9 Å². The van der Waals surface area contributed by atoms with Gasteiger partial charge < -0.3 is 5.32 Å². The summed E-state index contributed by atoms with van der Waals surface area (Å²) in [5.41, 5.74) is 2.84. The van der Waals surface area contributed by atoms with Crippen molar-refractivity contribution in [2.24, 2.45) is 0 Å². The van der Waals surface area contributed by atoms with Crippen LogP contribution in [0.25, 0.3) is 0 Å². The minimum Gasteiger partial charge on any atom is -0.345 e. The maximum Gasteiger partial charge on any atom is 0.251 e. The van der Waals surface area contributed by atoms with E-state index in [0.717, 1.165) is 24.1 Å². The number of carbonyl (C=O) groups is 1. The van der Waals surface area contributed by atoms with Gasteiger partial charge in [0.15, 0.2) is 0 Å². The van der Waals surface area contributed by atoms with E-state index in [4.69, 9.17) is 0 Å². The molecular weight excluding hydrogens is 446 g/mol. The average molecular weight is 478 g/mol. The number of sulfonamides is 1. The summed E-state index contributed by atoms with van der Waals surface area (Å²) in [4.78, 5) is 15.3. The lowest BCUT2D eigenvalue weighted by Gasteiger charge is -2.34. The first-order valence-corrected chi connectivity index (χ1v) is 13.1. The highest BCUT2D eigenvalue weighted by molar-refractivity contribution is 7.89. The number of nitrogens with one attached hydrogen (secondary N) is 1. The Morgan fingerprint density at radius 2 is 1.44 bits per heavy atom. The molecule has 0 aromatic heterocycles. The Kier molecular flexibility index (Phi) is 7.77. The van der Waals surface area contributed by atoms with Crippen LogP contribution in [0.1, 0.15) is 40.9 Å². The van der Waals surface area contributed by atoms with Crippen LogP contribution in [0.4, 0.5) is 0 Å². The van der Waals surface area contributed by atoms with E-state index in [1.54, 1.807) is 28.6 Å². The van der Waals surface area contributed by atoms with Crippen LogP contribution < -0.4 is 5.32 Å². The van der Waals surface area contributed by atoms with E-state index in [2.05, 4.69) is 17.1 Å². The highest BCUT2D eigenvalue weighted by atomic mass is 32.2. The van der Waals surface area contributed by atoms with Crippen LogP contribution in [0.15, 0.2) is 89.8 Å². The van der Waals surface area contributed by atoms with E-state index >= 15 is 0 Å². The van der Waals surface area contributed by atoms with Crippen LogP contribution in [0.5, 0.6) is 0 Å². The summed E-state index contributed by atoms with van der Waals surface area (Å²) in [7, 11) is -3.44. The number of hydrogen-bond donors (Lipinski definition) is 1. The fourth-order valence-electron chi connectivity index (χ4n) is 4.24. The van der Waals surface area contributed by atoms with Crippen molar-refractivity contribution in [2.45, 2.75) is 30.8 Å². The highest BCUT2D eigenvalue weighted by Gasteiger charge is 2.28. The van der Waals surface area contributed by atoms with Gasteiger partial charge in [-0.2, -0.15) is 4.31 Å². The van der Waals surface area contributed by atoms with E-state index in [1.807, 2.05) is 60.7 Å². The predicted octanol–water partition coefficient (Wildman–Crippen LogP) is 4.07. The number of piperazine rings is 1. The molecule has 0 bridgehead atoms. The Balaban J connectivity index is 1.31. The first kappa shape index (κ1) is 24.1. The summed E-state index contributed by atoms with van der Waals surface area (Å²) >= 11 is 0. The lowest BCUT2D eigenvalue weighted by molar-refractivity contribution is 0.0935. The lowest BCUT2D eigenvalue weighted by atomic mass is 10.0. The zero-order valence-electron chi connectivity index (χ0n) is 19.4. The topological polar surface area (TPSA) is 69.7 Å². The van der Waals surface area contributed by atoms with Gasteiger partial charge in [0.1, 0.15) is 0 Å². The van der Waals surface area contributed by atoms with Gasteiger partial charge in [-0.1, -0.05) is 67.6 Å². The van der Waals surface area contributed by atoms with Gasteiger partial charge >= 0.3 is 0 Å². The number of carbonyl (C=O) groups excluding carboxylic acids is 1. The smallest absolute Gasteiger partial charge is 0.251 e. The summed E-state index contributed by atoms with van der Waals surface area (Å²) in [6.45, 7) is 5.06. The molecule has 34 heavy (non-hydrogen) atoms. The Bertz CT molecular complexity index is 1170. The maximum atomic E-state index is 12.8. The molecule has 4 rings (SSSR count). The second-order valence-electron chi connectivity index (χ2n) is 8.54. The summed E-state index contributed by atoms with van der Waals surface area (Å²) in [6.07, 6.45) is 0.819. The Labute approximate surface area is 202 Å². The van der Waals surface area contributed by atoms with Gasteiger partial charge in [-0.15, -0.1) is 0 Å². The molecule has 3 aromatic carbocycles. The molecule has 178 valence electrons. The minimum absolute atomic E-state index is 0.0168. The van der Waals surface area contributed by atoms with Gasteiger partial charge in [-0.05, 0) is 41.8 Å². The highest BCUT2D eigenvalue weighted by Crippen LogP contribution is 2.19. The molecule has 1 aliphatic rings. The molecule has 6 nitrogen and oxygen atoms in total. The molecule has 1 amide bonds. The normalized spacial score (nSPS) is 16.1. The van der Waals surface area contributed by atoms with Crippen molar-refractivity contribution in [3.63, 3.8) is 0 Å². The van der Waals surface area contributed by atoms with Gasteiger partial charge in [0.2, 0.25) is 10.0 Å². The van der Waals surface area contributed by atoms with Crippen LogP contribution in [0.3, 0.4) is 0 Å². The van der Waals surface area contributed by atoms with Crippen LogP contribution in [-0.4, -0.2) is 49.7 Å². The van der Waals surface area contributed by atoms with Crippen molar-refractivity contribution in [1.29, 1.82) is 0 Å². The molecule has 7 heteroatoms. The molecule has 0 saturated carbocycles. The Morgan fingerprint density at radius 3 is 2.03 bits per heavy atom. The van der Waals surface area contributed by atoms with Crippen molar-refractivity contribution in [3.05, 3.63) is 102 Å². The van der Waals surface area contributed by atoms with Gasteiger partial charge in [0.25, 0.3) is 5.91 Å². The predicted molar refractivity (Wildman–Crippen MR) is 134 cm³/mol. The van der Waals surface area contributed by atoms with Gasteiger partial charge in [0, 0.05) is 38.3 Å². The van der Waals surface area contributed by atoms with Crippen molar-refractivity contribution < 1.29 is 13.2 Å². The molecule has 1 aliphatic heterocycles. The second kappa shape index (κ2) is 11.0. The van der Waals surface area contributed by atoms with E-state index in [0.29, 0.717) is 36.6 Å². The second-order valence-corrected chi connectivity index (χ2v) is 10.5. The third-order valence-corrected chi connectivity index (χ3v) is 8.16. The van der Waals surface area contributed by atoms with Crippen molar-refractivity contribution in [3.8, 4) is 0 Å². The van der Waals surface area contributed by atoms with Crippen LogP contribution in [0, 0.1) is 0 Å². The maximum absolute atomic E-state index is 12.8. The Morgan fingerprint density at radius 1 is 0.853 bits per heavy atom. The number of rotatable bonds is 8. The third kappa shape index (κ3) is 5.73. The molecule has 1 N–H and O–H groups in total. The van der Waals surface area contributed by atoms with Crippen molar-refractivity contribution >= 4 is 15.9 Å². The van der Waals surface area contributed by atoms with E-state index in [1.165, 1.54) is 0 Å². The van der Waals surface area contributed by atoms with Crippen molar-refractivity contribution in [1.82, 2.24) is 14.5 Å². The van der Waals surface area contributed by atoms with E-state index < -0.39 is 10.0 Å². The van der Waals surface area contributed by atoms with Gasteiger partial charge in [-0.3, -0.25) is 9.69 Å². The van der Waals surface area contributed by atoms with Crippen molar-refractivity contribution in [2.75, 3.05) is 26.2 Å². The molecule has 0 radical (unpaired) electrons. The fraction of sp³-hybridized carbons (Fsp3) is 0.296. The number of benzene rings is 3.